The molecule has 5 heteroatoms. The van der Waals surface area contributed by atoms with Crippen LogP contribution in [0.3, 0.4) is 0 Å². The van der Waals surface area contributed by atoms with Gasteiger partial charge in [0.15, 0.2) is 6.10 Å². The summed E-state index contributed by atoms with van der Waals surface area (Å²) >= 11 is 0. The molecule has 1 atom stereocenters. The first-order valence-corrected chi connectivity index (χ1v) is 29.2. The molecular weight excluding hydrogens is 813 g/mol. The number of allylic oxidation sites excluding steroid dienone is 8. The number of ether oxygens (including phenoxy) is 3. The van der Waals surface area contributed by atoms with Gasteiger partial charge in [-0.25, -0.2) is 0 Å². The third-order valence-corrected chi connectivity index (χ3v) is 12.8. The van der Waals surface area contributed by atoms with E-state index in [4.69, 9.17) is 14.2 Å². The fourth-order valence-electron chi connectivity index (χ4n) is 8.52. The number of unbranched alkanes of at least 4 members (excludes halogenated alkanes) is 35. The average molecular weight is 926 g/mol. The van der Waals surface area contributed by atoms with Crippen LogP contribution in [0.15, 0.2) is 48.6 Å². The van der Waals surface area contributed by atoms with Crippen molar-refractivity contribution in [2.75, 3.05) is 19.8 Å². The highest BCUT2D eigenvalue weighted by molar-refractivity contribution is 5.70. The molecule has 0 aliphatic carbocycles. The Labute approximate surface area is 412 Å². The van der Waals surface area contributed by atoms with E-state index in [9.17, 15) is 9.59 Å². The Hall–Kier alpha value is -2.14. The molecule has 0 heterocycles. The Bertz CT molecular complexity index is 1090. The lowest BCUT2D eigenvalue weighted by molar-refractivity contribution is -0.163. The summed E-state index contributed by atoms with van der Waals surface area (Å²) in [6.45, 7) is 7.73. The van der Waals surface area contributed by atoms with Crippen LogP contribution in [0.2, 0.25) is 0 Å². The second kappa shape index (κ2) is 57.2. The monoisotopic (exact) mass is 925 g/mol. The fourth-order valence-corrected chi connectivity index (χ4v) is 8.52. The van der Waals surface area contributed by atoms with E-state index in [-0.39, 0.29) is 25.2 Å². The molecule has 0 bridgehead atoms. The third kappa shape index (κ3) is 54.5. The van der Waals surface area contributed by atoms with Gasteiger partial charge in [0.1, 0.15) is 6.61 Å². The number of carbonyl (C=O) groups is 2. The Morgan fingerprint density at radius 2 is 0.682 bits per heavy atom. The zero-order valence-corrected chi connectivity index (χ0v) is 44.5. The van der Waals surface area contributed by atoms with Crippen molar-refractivity contribution in [1.82, 2.24) is 0 Å². The summed E-state index contributed by atoms with van der Waals surface area (Å²) in [6.07, 6.45) is 71.4. The van der Waals surface area contributed by atoms with Gasteiger partial charge in [0, 0.05) is 19.4 Å². The SMILES string of the molecule is CC/C=C\C/C=C\C/C=C\CCCCCC(=O)OC(COCCCCCCCCCC/C=C\CCCCCCCC)COC(=O)CCCCCCCCCCCCCCCCCCCCC. The lowest BCUT2D eigenvalue weighted by Gasteiger charge is -2.18. The maximum atomic E-state index is 12.8. The quantitative estimate of drug-likeness (QED) is 0.0345. The Morgan fingerprint density at radius 3 is 1.12 bits per heavy atom. The summed E-state index contributed by atoms with van der Waals surface area (Å²) < 4.78 is 17.5. The Balaban J connectivity index is 4.22. The van der Waals surface area contributed by atoms with Crippen LogP contribution in [0.1, 0.15) is 303 Å². The smallest absolute Gasteiger partial charge is 0.306 e. The molecule has 0 saturated heterocycles. The van der Waals surface area contributed by atoms with Gasteiger partial charge in [0.2, 0.25) is 0 Å². The van der Waals surface area contributed by atoms with E-state index in [1.54, 1.807) is 0 Å². The highest BCUT2D eigenvalue weighted by Crippen LogP contribution is 2.16. The maximum Gasteiger partial charge on any atom is 0.306 e. The largest absolute Gasteiger partial charge is 0.462 e. The van der Waals surface area contributed by atoms with Crippen molar-refractivity contribution in [2.24, 2.45) is 0 Å². The van der Waals surface area contributed by atoms with E-state index in [2.05, 4.69) is 69.4 Å². The van der Waals surface area contributed by atoms with E-state index in [0.29, 0.717) is 19.4 Å². The van der Waals surface area contributed by atoms with Crippen LogP contribution in [0, 0.1) is 0 Å². The van der Waals surface area contributed by atoms with E-state index < -0.39 is 6.10 Å². The van der Waals surface area contributed by atoms with Gasteiger partial charge in [-0.15, -0.1) is 0 Å². The molecule has 5 nitrogen and oxygen atoms in total. The minimum atomic E-state index is -0.551. The lowest BCUT2D eigenvalue weighted by Crippen LogP contribution is -2.30. The fraction of sp³-hybridized carbons (Fsp3) is 0.836. The van der Waals surface area contributed by atoms with Crippen molar-refractivity contribution in [3.8, 4) is 0 Å². The minimum Gasteiger partial charge on any atom is -0.462 e. The van der Waals surface area contributed by atoms with Gasteiger partial charge in [-0.3, -0.25) is 9.59 Å². The summed E-state index contributed by atoms with van der Waals surface area (Å²) in [5.41, 5.74) is 0. The number of rotatable bonds is 54. The van der Waals surface area contributed by atoms with E-state index in [1.807, 2.05) is 0 Å². The van der Waals surface area contributed by atoms with Gasteiger partial charge in [0.05, 0.1) is 6.61 Å². The van der Waals surface area contributed by atoms with Crippen LogP contribution in [0.4, 0.5) is 0 Å². The van der Waals surface area contributed by atoms with Crippen LogP contribution < -0.4 is 0 Å². The van der Waals surface area contributed by atoms with Crippen molar-refractivity contribution in [2.45, 2.75) is 309 Å². The first-order chi connectivity index (χ1) is 32.6. The summed E-state index contributed by atoms with van der Waals surface area (Å²) in [4.78, 5) is 25.5. The van der Waals surface area contributed by atoms with Gasteiger partial charge in [-0.1, -0.05) is 262 Å². The van der Waals surface area contributed by atoms with Crippen LogP contribution in [-0.2, 0) is 23.8 Å². The molecule has 0 rings (SSSR count). The lowest BCUT2D eigenvalue weighted by atomic mass is 10.0. The standard InChI is InChI=1S/C61H112O5/c1-4-7-10-13-16-19-22-25-27-29-31-32-34-37-39-42-45-48-51-54-60(62)65-58-59(66-61(63)55-52-49-46-43-40-36-24-21-18-15-12-9-6-3)57-64-56-53-50-47-44-41-38-35-33-30-28-26-23-20-17-14-11-8-5-2/h9,12,18,21,26,28,36,40,59H,4-8,10-11,13-17,19-20,22-25,27,29-35,37-39,41-58H2,1-3H3/b12-9-,21-18-,28-26-,40-36-. The molecule has 386 valence electrons. The van der Waals surface area contributed by atoms with Crippen molar-refractivity contribution in [1.29, 1.82) is 0 Å². The van der Waals surface area contributed by atoms with Gasteiger partial charge >= 0.3 is 11.9 Å². The molecule has 0 N–H and O–H groups in total. The zero-order chi connectivity index (χ0) is 47.7. The van der Waals surface area contributed by atoms with Crippen LogP contribution in [-0.4, -0.2) is 37.9 Å². The summed E-state index contributed by atoms with van der Waals surface area (Å²) in [5.74, 6) is -0.416. The average Bonchev–Trinajstić information content (AvgIpc) is 3.32. The molecule has 0 spiro atoms. The van der Waals surface area contributed by atoms with E-state index >= 15 is 0 Å². The van der Waals surface area contributed by atoms with Gasteiger partial charge in [-0.2, -0.15) is 0 Å². The molecule has 0 aliphatic heterocycles. The summed E-state index contributed by atoms with van der Waals surface area (Å²) in [7, 11) is 0. The molecule has 0 fully saturated rings. The topological polar surface area (TPSA) is 61.8 Å². The Kier molecular flexibility index (Phi) is 55.3. The van der Waals surface area contributed by atoms with E-state index in [0.717, 1.165) is 70.6 Å². The van der Waals surface area contributed by atoms with Crippen molar-refractivity contribution in [3.05, 3.63) is 48.6 Å². The number of carbonyl (C=O) groups excluding carboxylic acids is 2. The second-order valence-electron chi connectivity index (χ2n) is 19.5. The van der Waals surface area contributed by atoms with Gasteiger partial charge in [-0.05, 0) is 77.0 Å². The maximum absolute atomic E-state index is 12.8. The highest BCUT2D eigenvalue weighted by Gasteiger charge is 2.17. The molecule has 0 aliphatic rings. The molecule has 66 heavy (non-hydrogen) atoms. The summed E-state index contributed by atoms with van der Waals surface area (Å²) in [5, 5.41) is 0. The number of hydrogen-bond acceptors (Lipinski definition) is 5. The van der Waals surface area contributed by atoms with Crippen molar-refractivity contribution in [3.63, 3.8) is 0 Å². The normalized spacial score (nSPS) is 12.5. The van der Waals surface area contributed by atoms with Gasteiger partial charge in [0.25, 0.3) is 0 Å². The van der Waals surface area contributed by atoms with Crippen molar-refractivity contribution >= 4 is 11.9 Å². The van der Waals surface area contributed by atoms with Crippen LogP contribution >= 0.6 is 0 Å². The van der Waals surface area contributed by atoms with Crippen LogP contribution in [0.5, 0.6) is 0 Å². The first kappa shape index (κ1) is 63.9. The molecule has 1 unspecified atom stereocenters. The molecule has 0 aromatic carbocycles. The molecule has 0 amide bonds. The number of esters is 2. The van der Waals surface area contributed by atoms with E-state index in [1.165, 1.54) is 199 Å². The predicted octanol–water partition coefficient (Wildman–Crippen LogP) is 19.9. The third-order valence-electron chi connectivity index (χ3n) is 12.8. The first-order valence-electron chi connectivity index (χ1n) is 29.2. The van der Waals surface area contributed by atoms with Crippen molar-refractivity contribution < 1.29 is 23.8 Å². The predicted molar refractivity (Wildman–Crippen MR) is 288 cm³/mol. The molecular formula is C61H112O5. The summed E-state index contributed by atoms with van der Waals surface area (Å²) in [6, 6.07) is 0. The molecule has 0 aromatic rings. The highest BCUT2D eigenvalue weighted by atomic mass is 16.6. The molecule has 0 aromatic heterocycles. The van der Waals surface area contributed by atoms with Gasteiger partial charge < -0.3 is 14.2 Å². The zero-order valence-electron chi connectivity index (χ0n) is 44.5. The molecule has 0 saturated carbocycles. The molecule has 0 radical (unpaired) electrons. The minimum absolute atomic E-state index is 0.0761. The number of hydrogen-bond donors (Lipinski definition) is 0. The Morgan fingerprint density at radius 1 is 0.348 bits per heavy atom. The second-order valence-corrected chi connectivity index (χ2v) is 19.5. The van der Waals surface area contributed by atoms with Crippen LogP contribution in [0.25, 0.3) is 0 Å².